The zero-order valence-corrected chi connectivity index (χ0v) is 11.0. The molecule has 0 aliphatic rings. The second-order valence-electron chi connectivity index (χ2n) is 6.12. The van der Waals surface area contributed by atoms with Gasteiger partial charge < -0.3 is 5.11 Å². The Morgan fingerprint density at radius 3 is 1.71 bits per heavy atom. The highest BCUT2D eigenvalue weighted by Gasteiger charge is 2.41. The van der Waals surface area contributed by atoms with E-state index in [1.165, 1.54) is 6.42 Å². The Balaban J connectivity index is 4.44. The predicted octanol–water partition coefficient (Wildman–Crippen LogP) is 3.86. The molecular formula is C13H28O. The molecule has 1 N–H and O–H groups in total. The molecule has 1 heteroatoms. The standard InChI is InChI=1S/C13H28O/c1-10(2)8-9-12(5,6)13(7,14)11(3)4/h10-11,14H,8-9H2,1-7H3. The van der Waals surface area contributed by atoms with Gasteiger partial charge in [-0.05, 0) is 30.6 Å². The van der Waals surface area contributed by atoms with Crippen molar-refractivity contribution in [3.63, 3.8) is 0 Å². The fraction of sp³-hybridized carbons (Fsp3) is 1.00. The molecule has 1 nitrogen and oxygen atoms in total. The van der Waals surface area contributed by atoms with E-state index in [-0.39, 0.29) is 5.41 Å². The van der Waals surface area contributed by atoms with Crippen molar-refractivity contribution in [2.75, 3.05) is 0 Å². The van der Waals surface area contributed by atoms with Gasteiger partial charge in [-0.15, -0.1) is 0 Å². The first-order valence-corrected chi connectivity index (χ1v) is 5.83. The molecule has 0 rings (SSSR count). The minimum atomic E-state index is -0.568. The van der Waals surface area contributed by atoms with E-state index in [1.54, 1.807) is 0 Å². The van der Waals surface area contributed by atoms with Crippen LogP contribution in [0.4, 0.5) is 0 Å². The summed E-state index contributed by atoms with van der Waals surface area (Å²) < 4.78 is 0. The molecule has 0 aromatic rings. The third-order valence-corrected chi connectivity index (χ3v) is 3.84. The van der Waals surface area contributed by atoms with Crippen LogP contribution in [-0.2, 0) is 0 Å². The van der Waals surface area contributed by atoms with Crippen LogP contribution in [-0.4, -0.2) is 10.7 Å². The van der Waals surface area contributed by atoms with Crippen LogP contribution in [0.3, 0.4) is 0 Å². The van der Waals surface area contributed by atoms with E-state index in [2.05, 4.69) is 41.5 Å². The molecule has 1 atom stereocenters. The number of aliphatic hydroxyl groups is 1. The molecule has 0 amide bonds. The molecule has 0 heterocycles. The van der Waals surface area contributed by atoms with Crippen LogP contribution < -0.4 is 0 Å². The summed E-state index contributed by atoms with van der Waals surface area (Å²) in [4.78, 5) is 0. The lowest BCUT2D eigenvalue weighted by Gasteiger charge is -2.43. The second-order valence-corrected chi connectivity index (χ2v) is 6.12. The summed E-state index contributed by atoms with van der Waals surface area (Å²) in [6.45, 7) is 15.0. The normalized spacial score (nSPS) is 17.6. The maximum absolute atomic E-state index is 10.4. The lowest BCUT2D eigenvalue weighted by molar-refractivity contribution is -0.0926. The lowest BCUT2D eigenvalue weighted by atomic mass is 9.67. The van der Waals surface area contributed by atoms with E-state index in [0.29, 0.717) is 5.92 Å². The van der Waals surface area contributed by atoms with Crippen LogP contribution >= 0.6 is 0 Å². The Labute approximate surface area is 89.9 Å². The third-order valence-electron chi connectivity index (χ3n) is 3.84. The molecule has 86 valence electrons. The Kier molecular flexibility index (Phi) is 4.64. The maximum Gasteiger partial charge on any atom is 0.0693 e. The van der Waals surface area contributed by atoms with Crippen molar-refractivity contribution in [2.45, 2.75) is 66.9 Å². The first-order valence-electron chi connectivity index (χ1n) is 5.83. The van der Waals surface area contributed by atoms with E-state index in [9.17, 15) is 5.11 Å². The van der Waals surface area contributed by atoms with Gasteiger partial charge in [-0.2, -0.15) is 0 Å². The van der Waals surface area contributed by atoms with Gasteiger partial charge in [0, 0.05) is 0 Å². The Bertz CT molecular complexity index is 166. The summed E-state index contributed by atoms with van der Waals surface area (Å²) in [6, 6.07) is 0. The molecule has 0 aromatic heterocycles. The highest BCUT2D eigenvalue weighted by atomic mass is 16.3. The molecule has 0 aliphatic carbocycles. The monoisotopic (exact) mass is 200 g/mol. The van der Waals surface area contributed by atoms with Crippen molar-refractivity contribution in [1.82, 2.24) is 0 Å². The van der Waals surface area contributed by atoms with Gasteiger partial charge in [0.2, 0.25) is 0 Å². The van der Waals surface area contributed by atoms with Gasteiger partial charge in [-0.25, -0.2) is 0 Å². The first kappa shape index (κ1) is 14.0. The van der Waals surface area contributed by atoms with Gasteiger partial charge in [0.1, 0.15) is 0 Å². The summed E-state index contributed by atoms with van der Waals surface area (Å²) in [5, 5.41) is 10.4. The lowest BCUT2D eigenvalue weighted by Crippen LogP contribution is -2.46. The van der Waals surface area contributed by atoms with Crippen molar-refractivity contribution in [3.8, 4) is 0 Å². The Hall–Kier alpha value is -0.0400. The van der Waals surface area contributed by atoms with E-state index < -0.39 is 5.60 Å². The summed E-state index contributed by atoms with van der Waals surface area (Å²) in [5.41, 5.74) is -0.562. The zero-order valence-electron chi connectivity index (χ0n) is 11.0. The summed E-state index contributed by atoms with van der Waals surface area (Å²) in [7, 11) is 0. The molecule has 0 fully saturated rings. The summed E-state index contributed by atoms with van der Waals surface area (Å²) >= 11 is 0. The minimum absolute atomic E-state index is 0.00539. The van der Waals surface area contributed by atoms with Crippen molar-refractivity contribution in [2.24, 2.45) is 17.3 Å². The first-order chi connectivity index (χ1) is 6.11. The fourth-order valence-corrected chi connectivity index (χ4v) is 1.68. The van der Waals surface area contributed by atoms with E-state index in [0.717, 1.165) is 12.3 Å². The van der Waals surface area contributed by atoms with E-state index >= 15 is 0 Å². The topological polar surface area (TPSA) is 20.2 Å². The van der Waals surface area contributed by atoms with Crippen molar-refractivity contribution >= 4 is 0 Å². The van der Waals surface area contributed by atoms with Gasteiger partial charge in [0.15, 0.2) is 0 Å². The Morgan fingerprint density at radius 2 is 1.43 bits per heavy atom. The fourth-order valence-electron chi connectivity index (χ4n) is 1.68. The van der Waals surface area contributed by atoms with Crippen LogP contribution in [0.15, 0.2) is 0 Å². The quantitative estimate of drug-likeness (QED) is 0.714. The molecule has 0 spiro atoms. The third kappa shape index (κ3) is 3.27. The van der Waals surface area contributed by atoms with Crippen LogP contribution in [0.2, 0.25) is 0 Å². The van der Waals surface area contributed by atoms with Crippen molar-refractivity contribution in [3.05, 3.63) is 0 Å². The van der Waals surface area contributed by atoms with Gasteiger partial charge >= 0.3 is 0 Å². The van der Waals surface area contributed by atoms with Gasteiger partial charge in [0.05, 0.1) is 5.60 Å². The van der Waals surface area contributed by atoms with Crippen molar-refractivity contribution in [1.29, 1.82) is 0 Å². The summed E-state index contributed by atoms with van der Waals surface area (Å²) in [6.07, 6.45) is 2.28. The molecule has 14 heavy (non-hydrogen) atoms. The van der Waals surface area contributed by atoms with Gasteiger partial charge in [0.25, 0.3) is 0 Å². The average Bonchev–Trinajstić information content (AvgIpc) is 2.00. The van der Waals surface area contributed by atoms with E-state index in [4.69, 9.17) is 0 Å². The number of hydrogen-bond donors (Lipinski definition) is 1. The molecule has 0 saturated carbocycles. The highest BCUT2D eigenvalue weighted by molar-refractivity contribution is 4.91. The smallest absolute Gasteiger partial charge is 0.0693 e. The van der Waals surface area contributed by atoms with Crippen LogP contribution in [0.1, 0.15) is 61.3 Å². The van der Waals surface area contributed by atoms with Gasteiger partial charge in [-0.1, -0.05) is 48.0 Å². The molecular weight excluding hydrogens is 172 g/mol. The molecule has 0 bridgehead atoms. The van der Waals surface area contributed by atoms with Crippen LogP contribution in [0.25, 0.3) is 0 Å². The predicted molar refractivity (Wildman–Crippen MR) is 63.3 cm³/mol. The molecule has 0 saturated heterocycles. The van der Waals surface area contributed by atoms with Crippen molar-refractivity contribution < 1.29 is 5.11 Å². The van der Waals surface area contributed by atoms with Crippen LogP contribution in [0, 0.1) is 17.3 Å². The van der Waals surface area contributed by atoms with E-state index in [1.807, 2.05) is 6.92 Å². The van der Waals surface area contributed by atoms with Gasteiger partial charge in [-0.3, -0.25) is 0 Å². The molecule has 0 aliphatic heterocycles. The maximum atomic E-state index is 10.4. The average molecular weight is 200 g/mol. The Morgan fingerprint density at radius 1 is 1.00 bits per heavy atom. The second kappa shape index (κ2) is 4.65. The zero-order chi connectivity index (χ0) is 11.6. The molecule has 0 aromatic carbocycles. The molecule has 0 radical (unpaired) electrons. The van der Waals surface area contributed by atoms with Crippen LogP contribution in [0.5, 0.6) is 0 Å². The molecule has 1 unspecified atom stereocenters. The number of hydrogen-bond acceptors (Lipinski definition) is 1. The SMILES string of the molecule is CC(C)CCC(C)(C)C(C)(O)C(C)C. The largest absolute Gasteiger partial charge is 0.389 e. The summed E-state index contributed by atoms with van der Waals surface area (Å²) in [5.74, 6) is 1.03. The number of rotatable bonds is 5. The highest BCUT2D eigenvalue weighted by Crippen LogP contribution is 2.40. The minimum Gasteiger partial charge on any atom is -0.389 e.